The first-order valence-electron chi connectivity index (χ1n) is 8.03. The van der Waals surface area contributed by atoms with E-state index in [2.05, 4.69) is 0 Å². The molecule has 1 N–H and O–H groups in total. The van der Waals surface area contributed by atoms with Crippen LogP contribution in [0.15, 0.2) is 18.2 Å². The van der Waals surface area contributed by atoms with Crippen LogP contribution < -0.4 is 10.6 Å². The zero-order valence-corrected chi connectivity index (χ0v) is 17.0. The molecule has 0 heterocycles. The molecule has 1 aromatic carbocycles. The molecule has 1 aromatic rings. The third kappa shape index (κ3) is 5.26. The van der Waals surface area contributed by atoms with Crippen molar-refractivity contribution in [3.8, 4) is 0 Å². The summed E-state index contributed by atoms with van der Waals surface area (Å²) in [5.74, 6) is 0. The SMILES string of the molecule is CCOP(=O)(O)c1cc(C(C)(C)C)cc(P(=O)(OCC)OCC)c1. The van der Waals surface area contributed by atoms with Gasteiger partial charge in [0.25, 0.3) is 0 Å². The van der Waals surface area contributed by atoms with Crippen LogP contribution in [0.2, 0.25) is 0 Å². The quantitative estimate of drug-likeness (QED) is 0.695. The minimum Gasteiger partial charge on any atom is -0.321 e. The number of rotatable bonds is 8. The Morgan fingerprint density at radius 2 is 1.33 bits per heavy atom. The minimum absolute atomic E-state index is 0.0893. The molecule has 0 aromatic heterocycles. The van der Waals surface area contributed by atoms with Crippen molar-refractivity contribution in [2.45, 2.75) is 47.0 Å². The number of hydrogen-bond acceptors (Lipinski definition) is 5. The predicted molar refractivity (Wildman–Crippen MR) is 96.7 cm³/mol. The summed E-state index contributed by atoms with van der Waals surface area (Å²) in [5, 5.41) is 0.356. The summed E-state index contributed by atoms with van der Waals surface area (Å²) in [6.45, 7) is 11.5. The lowest BCUT2D eigenvalue weighted by Gasteiger charge is -2.24. The average Bonchev–Trinajstić information content (AvgIpc) is 2.46. The number of benzene rings is 1. The molecule has 138 valence electrons. The molecule has 0 bridgehead atoms. The van der Waals surface area contributed by atoms with Gasteiger partial charge in [0.1, 0.15) is 0 Å². The standard InChI is InChI=1S/C16H28O6P2/c1-7-20-23(17,18)14-10-13(16(4,5)6)11-15(12-14)24(19,21-8-2)22-9-3/h10-12H,7-9H2,1-6H3,(H,17,18). The molecular formula is C16H28O6P2. The first-order valence-corrected chi connectivity index (χ1v) is 11.1. The molecule has 1 atom stereocenters. The second-order valence-corrected chi connectivity index (χ2v) is 10.1. The summed E-state index contributed by atoms with van der Waals surface area (Å²) in [5.41, 5.74) is 0.434. The van der Waals surface area contributed by atoms with Gasteiger partial charge in [-0.05, 0) is 49.9 Å². The third-order valence-corrected chi connectivity index (χ3v) is 6.92. The summed E-state index contributed by atoms with van der Waals surface area (Å²) in [4.78, 5) is 10.2. The van der Waals surface area contributed by atoms with Gasteiger partial charge in [0.15, 0.2) is 0 Å². The Balaban J connectivity index is 3.61. The smallest absolute Gasteiger partial charge is 0.321 e. The van der Waals surface area contributed by atoms with Crippen molar-refractivity contribution in [1.29, 1.82) is 0 Å². The topological polar surface area (TPSA) is 82.1 Å². The van der Waals surface area contributed by atoms with Crippen LogP contribution in [0.3, 0.4) is 0 Å². The fourth-order valence-corrected chi connectivity index (χ4v) is 4.98. The van der Waals surface area contributed by atoms with Gasteiger partial charge >= 0.3 is 15.2 Å². The summed E-state index contributed by atoms with van der Waals surface area (Å²) in [6, 6.07) is 4.71. The molecule has 0 aliphatic rings. The first-order chi connectivity index (χ1) is 11.0. The second-order valence-electron chi connectivity index (χ2n) is 6.26. The predicted octanol–water partition coefficient (Wildman–Crippen LogP) is 3.72. The molecule has 24 heavy (non-hydrogen) atoms. The highest BCUT2D eigenvalue weighted by Crippen LogP contribution is 2.49. The van der Waals surface area contributed by atoms with Gasteiger partial charge in [0.2, 0.25) is 0 Å². The van der Waals surface area contributed by atoms with E-state index in [1.807, 2.05) is 20.8 Å². The van der Waals surface area contributed by atoms with E-state index in [0.29, 0.717) is 0 Å². The second kappa shape index (κ2) is 8.27. The van der Waals surface area contributed by atoms with Gasteiger partial charge < -0.3 is 18.5 Å². The van der Waals surface area contributed by atoms with E-state index >= 15 is 0 Å². The fraction of sp³-hybridized carbons (Fsp3) is 0.625. The molecular weight excluding hydrogens is 350 g/mol. The fourth-order valence-electron chi connectivity index (χ4n) is 2.13. The van der Waals surface area contributed by atoms with Crippen LogP contribution >= 0.6 is 15.2 Å². The van der Waals surface area contributed by atoms with Crippen molar-refractivity contribution < 1.29 is 27.6 Å². The highest BCUT2D eigenvalue weighted by molar-refractivity contribution is 7.63. The van der Waals surface area contributed by atoms with Crippen LogP contribution in [0.25, 0.3) is 0 Å². The van der Waals surface area contributed by atoms with Gasteiger partial charge in [-0.3, -0.25) is 9.13 Å². The van der Waals surface area contributed by atoms with Crippen LogP contribution in [-0.2, 0) is 28.1 Å². The van der Waals surface area contributed by atoms with Gasteiger partial charge in [-0.1, -0.05) is 20.8 Å². The van der Waals surface area contributed by atoms with Crippen LogP contribution in [0.5, 0.6) is 0 Å². The van der Waals surface area contributed by atoms with Crippen molar-refractivity contribution in [3.63, 3.8) is 0 Å². The van der Waals surface area contributed by atoms with Crippen molar-refractivity contribution in [3.05, 3.63) is 23.8 Å². The summed E-state index contributed by atoms with van der Waals surface area (Å²) < 4.78 is 41.3. The van der Waals surface area contributed by atoms with Crippen molar-refractivity contribution in [1.82, 2.24) is 0 Å². The van der Waals surface area contributed by atoms with Crippen LogP contribution in [-0.4, -0.2) is 24.7 Å². The van der Waals surface area contributed by atoms with E-state index in [9.17, 15) is 14.0 Å². The average molecular weight is 378 g/mol. The Morgan fingerprint density at radius 1 is 0.875 bits per heavy atom. The van der Waals surface area contributed by atoms with Gasteiger partial charge in [-0.15, -0.1) is 0 Å². The van der Waals surface area contributed by atoms with Gasteiger partial charge in [0.05, 0.1) is 30.4 Å². The molecule has 0 saturated carbocycles. The largest absolute Gasteiger partial charge is 0.361 e. The van der Waals surface area contributed by atoms with Crippen LogP contribution in [0.1, 0.15) is 47.1 Å². The lowest BCUT2D eigenvalue weighted by atomic mass is 9.87. The van der Waals surface area contributed by atoms with Crippen molar-refractivity contribution in [2.24, 2.45) is 0 Å². The van der Waals surface area contributed by atoms with E-state index < -0.39 is 15.2 Å². The zero-order chi connectivity index (χ0) is 18.6. The lowest BCUT2D eigenvalue weighted by molar-refractivity contribution is 0.230. The first kappa shape index (κ1) is 21.6. The zero-order valence-electron chi connectivity index (χ0n) is 15.2. The minimum atomic E-state index is -4.01. The number of hydrogen-bond donors (Lipinski definition) is 1. The van der Waals surface area contributed by atoms with Gasteiger partial charge in [-0.2, -0.15) is 0 Å². The monoisotopic (exact) mass is 378 g/mol. The van der Waals surface area contributed by atoms with Crippen molar-refractivity contribution in [2.75, 3.05) is 19.8 Å². The molecule has 0 spiro atoms. The summed E-state index contributed by atoms with van der Waals surface area (Å²) >= 11 is 0. The summed E-state index contributed by atoms with van der Waals surface area (Å²) in [7, 11) is -7.58. The molecule has 0 aliphatic heterocycles. The lowest BCUT2D eigenvalue weighted by Crippen LogP contribution is -2.23. The Hall–Kier alpha value is -0.480. The molecule has 1 rings (SSSR count). The molecule has 1 unspecified atom stereocenters. The Labute approximate surface area is 144 Å². The summed E-state index contributed by atoms with van der Waals surface area (Å²) in [6.07, 6.45) is 0. The van der Waals surface area contributed by atoms with Crippen molar-refractivity contribution >= 4 is 25.8 Å². The van der Waals surface area contributed by atoms with E-state index in [0.717, 1.165) is 5.56 Å². The molecule has 0 aliphatic carbocycles. The van der Waals surface area contributed by atoms with E-state index in [1.165, 1.54) is 6.07 Å². The van der Waals surface area contributed by atoms with Gasteiger partial charge in [-0.25, -0.2) is 0 Å². The molecule has 0 fully saturated rings. The molecule has 0 amide bonds. The van der Waals surface area contributed by atoms with E-state index in [-0.39, 0.29) is 35.8 Å². The molecule has 0 saturated heterocycles. The maximum absolute atomic E-state index is 13.1. The van der Waals surface area contributed by atoms with Crippen LogP contribution in [0.4, 0.5) is 0 Å². The Kier molecular flexibility index (Phi) is 7.43. The molecule has 0 radical (unpaired) electrons. The highest BCUT2D eigenvalue weighted by Gasteiger charge is 2.32. The highest BCUT2D eigenvalue weighted by atomic mass is 31.2. The Morgan fingerprint density at radius 3 is 1.75 bits per heavy atom. The van der Waals surface area contributed by atoms with E-state index in [1.54, 1.807) is 32.9 Å². The molecule has 6 nitrogen and oxygen atoms in total. The molecule has 8 heteroatoms. The maximum atomic E-state index is 13.1. The van der Waals surface area contributed by atoms with E-state index in [4.69, 9.17) is 13.6 Å². The third-order valence-electron chi connectivity index (χ3n) is 3.31. The Bertz CT molecular complexity index is 640. The maximum Gasteiger partial charge on any atom is 0.361 e. The van der Waals surface area contributed by atoms with Crippen LogP contribution in [0, 0.1) is 0 Å². The normalized spacial score (nSPS) is 15.3. The van der Waals surface area contributed by atoms with Gasteiger partial charge in [0, 0.05) is 0 Å².